The van der Waals surface area contributed by atoms with E-state index in [0.29, 0.717) is 0 Å². The van der Waals surface area contributed by atoms with E-state index < -0.39 is 4.92 Å². The van der Waals surface area contributed by atoms with Crippen LogP contribution in [0.15, 0.2) is 0 Å². The SMILES string of the molecule is CC(=O)CO.CC(=O)CO.C[N+](=O)[O-]. The highest BCUT2D eigenvalue weighted by molar-refractivity contribution is 5.76. The van der Waals surface area contributed by atoms with Crippen LogP contribution < -0.4 is 0 Å². The summed E-state index contributed by atoms with van der Waals surface area (Å²) in [5, 5.41) is 24.4. The Bertz CT molecular complexity index is 161. The molecule has 0 radical (unpaired) electrons. The molecule has 7 heteroatoms. The van der Waals surface area contributed by atoms with Gasteiger partial charge < -0.3 is 10.2 Å². The largest absolute Gasteiger partial charge is 0.389 e. The monoisotopic (exact) mass is 209 g/mol. The van der Waals surface area contributed by atoms with Crippen LogP contribution in [0, 0.1) is 10.1 Å². The molecule has 0 rings (SSSR count). The maximum absolute atomic E-state index is 9.56. The van der Waals surface area contributed by atoms with Crippen molar-refractivity contribution in [3.63, 3.8) is 0 Å². The average molecular weight is 209 g/mol. The minimum absolute atomic E-state index is 0.190. The summed E-state index contributed by atoms with van der Waals surface area (Å²) in [5.74, 6) is -0.380. The number of hydrogen-bond donors (Lipinski definition) is 2. The maximum atomic E-state index is 9.56. The fourth-order valence-electron chi connectivity index (χ4n) is 0. The van der Waals surface area contributed by atoms with E-state index >= 15 is 0 Å². The number of carbonyl (C=O) groups excluding carboxylic acids is 2. The zero-order valence-electron chi connectivity index (χ0n) is 8.39. The molecule has 0 heterocycles. The van der Waals surface area contributed by atoms with Crippen LogP contribution in [0.5, 0.6) is 0 Å². The van der Waals surface area contributed by atoms with E-state index in [1.807, 2.05) is 0 Å². The van der Waals surface area contributed by atoms with Crippen molar-refractivity contribution < 1.29 is 24.7 Å². The van der Waals surface area contributed by atoms with E-state index in [1.54, 1.807) is 0 Å². The van der Waals surface area contributed by atoms with Gasteiger partial charge in [0, 0.05) is 4.92 Å². The van der Waals surface area contributed by atoms with Gasteiger partial charge >= 0.3 is 0 Å². The van der Waals surface area contributed by atoms with Gasteiger partial charge in [0.1, 0.15) is 13.2 Å². The fraction of sp³-hybridized carbons (Fsp3) is 0.714. The van der Waals surface area contributed by atoms with Gasteiger partial charge in [0.2, 0.25) is 0 Å². The first-order valence-corrected chi connectivity index (χ1v) is 3.56. The Labute approximate surface area is 81.5 Å². The van der Waals surface area contributed by atoms with Crippen LogP contribution in [-0.2, 0) is 9.59 Å². The zero-order chi connectivity index (χ0) is 12.1. The van der Waals surface area contributed by atoms with Gasteiger partial charge in [0.15, 0.2) is 18.6 Å². The van der Waals surface area contributed by atoms with Crippen molar-refractivity contribution >= 4 is 11.6 Å². The molecule has 0 unspecified atom stereocenters. The minimum Gasteiger partial charge on any atom is -0.389 e. The van der Waals surface area contributed by atoms with Gasteiger partial charge in [0.25, 0.3) is 0 Å². The molecule has 0 amide bonds. The second-order valence-corrected chi connectivity index (χ2v) is 2.16. The number of nitrogens with zero attached hydrogens (tertiary/aromatic N) is 1. The second-order valence-electron chi connectivity index (χ2n) is 2.16. The molecular weight excluding hydrogens is 194 g/mol. The van der Waals surface area contributed by atoms with Gasteiger partial charge in [-0.05, 0) is 13.8 Å². The molecule has 0 aromatic heterocycles. The third-order valence-electron chi connectivity index (χ3n) is 0.445. The van der Waals surface area contributed by atoms with Crippen LogP contribution in [-0.4, -0.2) is 47.0 Å². The van der Waals surface area contributed by atoms with Crippen molar-refractivity contribution in [3.8, 4) is 0 Å². The van der Waals surface area contributed by atoms with Crippen LogP contribution in [0.25, 0.3) is 0 Å². The lowest BCUT2D eigenvalue weighted by molar-refractivity contribution is -0.445. The van der Waals surface area contributed by atoms with Gasteiger partial charge in [-0.15, -0.1) is 0 Å². The summed E-state index contributed by atoms with van der Waals surface area (Å²) in [6.07, 6.45) is 0. The van der Waals surface area contributed by atoms with Crippen LogP contribution in [0.2, 0.25) is 0 Å². The number of carbonyl (C=O) groups is 2. The van der Waals surface area contributed by atoms with Gasteiger partial charge in [-0.25, -0.2) is 0 Å². The van der Waals surface area contributed by atoms with E-state index in [1.165, 1.54) is 13.8 Å². The Kier molecular flexibility index (Phi) is 18.7. The normalized spacial score (nSPS) is 7.21. The Morgan fingerprint density at radius 3 is 1.21 bits per heavy atom. The number of nitro groups is 1. The van der Waals surface area contributed by atoms with Gasteiger partial charge in [0.05, 0.1) is 0 Å². The molecule has 0 atom stereocenters. The third kappa shape index (κ3) is 141. The molecule has 0 aliphatic carbocycles. The summed E-state index contributed by atoms with van der Waals surface area (Å²) >= 11 is 0. The molecule has 0 aromatic carbocycles. The molecule has 7 nitrogen and oxygen atoms in total. The van der Waals surface area contributed by atoms with Crippen LogP contribution in [0.1, 0.15) is 13.8 Å². The zero-order valence-corrected chi connectivity index (χ0v) is 8.39. The lowest BCUT2D eigenvalue weighted by Gasteiger charge is -1.72. The van der Waals surface area contributed by atoms with Crippen LogP contribution in [0.4, 0.5) is 0 Å². The lowest BCUT2D eigenvalue weighted by Crippen LogP contribution is -1.93. The number of ketones is 2. The summed E-state index contributed by atoms with van der Waals surface area (Å²) < 4.78 is 0. The molecule has 0 spiro atoms. The maximum Gasteiger partial charge on any atom is 0.194 e. The summed E-state index contributed by atoms with van der Waals surface area (Å²) in [4.78, 5) is 27.4. The third-order valence-corrected chi connectivity index (χ3v) is 0.445. The molecule has 0 aliphatic rings. The number of aliphatic hydroxyl groups is 2. The predicted molar refractivity (Wildman–Crippen MR) is 48.5 cm³/mol. The van der Waals surface area contributed by atoms with E-state index in [4.69, 9.17) is 20.3 Å². The number of aliphatic hydroxyl groups excluding tert-OH is 2. The highest BCUT2D eigenvalue weighted by atomic mass is 16.6. The van der Waals surface area contributed by atoms with Crippen molar-refractivity contribution in [1.82, 2.24) is 0 Å². The van der Waals surface area contributed by atoms with Crippen LogP contribution in [0.3, 0.4) is 0 Å². The van der Waals surface area contributed by atoms with E-state index in [-0.39, 0.29) is 24.8 Å². The first kappa shape index (κ1) is 18.4. The van der Waals surface area contributed by atoms with Gasteiger partial charge in [-0.3, -0.25) is 19.7 Å². The van der Waals surface area contributed by atoms with Crippen molar-refractivity contribution in [3.05, 3.63) is 10.1 Å². The first-order chi connectivity index (χ1) is 6.27. The molecule has 0 bridgehead atoms. The molecule has 0 aromatic rings. The van der Waals surface area contributed by atoms with E-state index in [0.717, 1.165) is 7.05 Å². The highest BCUT2D eigenvalue weighted by Crippen LogP contribution is 1.56. The topological polar surface area (TPSA) is 118 Å². The summed E-state index contributed by atoms with van der Waals surface area (Å²) in [5.41, 5.74) is 0. The molecule has 2 N–H and O–H groups in total. The van der Waals surface area contributed by atoms with Crippen molar-refractivity contribution in [2.45, 2.75) is 13.8 Å². The minimum atomic E-state index is -0.500. The molecule has 0 aliphatic heterocycles. The Morgan fingerprint density at radius 1 is 1.14 bits per heavy atom. The van der Waals surface area contributed by atoms with Gasteiger partial charge in [-0.1, -0.05) is 0 Å². The molecular formula is C7H15NO6. The van der Waals surface area contributed by atoms with E-state index in [2.05, 4.69) is 0 Å². The standard InChI is InChI=1S/2C3H6O2.CH3NO2/c2*1-3(5)2-4;1-2(3)4/h2*4H,2H2,1H3;1H3. The van der Waals surface area contributed by atoms with Crippen molar-refractivity contribution in [2.24, 2.45) is 0 Å². The van der Waals surface area contributed by atoms with Crippen molar-refractivity contribution in [1.29, 1.82) is 0 Å². The fourth-order valence-corrected chi connectivity index (χ4v) is 0. The van der Waals surface area contributed by atoms with Crippen molar-refractivity contribution in [2.75, 3.05) is 20.3 Å². The summed E-state index contributed by atoms with van der Waals surface area (Å²) in [6, 6.07) is 0. The number of rotatable bonds is 2. The molecule has 0 saturated carbocycles. The first-order valence-electron chi connectivity index (χ1n) is 3.56. The highest BCUT2D eigenvalue weighted by Gasteiger charge is 1.78. The Morgan fingerprint density at radius 2 is 1.21 bits per heavy atom. The number of Topliss-reactive ketones (excluding diaryl/α,β-unsaturated/α-hetero) is 2. The summed E-state index contributed by atoms with van der Waals surface area (Å²) in [7, 11) is 0.889. The van der Waals surface area contributed by atoms with Gasteiger partial charge in [-0.2, -0.15) is 0 Å². The van der Waals surface area contributed by atoms with Crippen LogP contribution >= 0.6 is 0 Å². The molecule has 14 heavy (non-hydrogen) atoms. The quantitative estimate of drug-likeness (QED) is 0.446. The second kappa shape index (κ2) is 14.2. The predicted octanol–water partition coefficient (Wildman–Crippen LogP) is -0.972. The van der Waals surface area contributed by atoms with E-state index in [9.17, 15) is 9.59 Å². The Balaban J connectivity index is -0.000000131. The molecule has 0 saturated heterocycles. The smallest absolute Gasteiger partial charge is 0.194 e. The average Bonchev–Trinajstić information content (AvgIpc) is 2.04. The lowest BCUT2D eigenvalue weighted by atomic mass is 10.5. The molecule has 84 valence electrons. The Hall–Kier alpha value is -1.34. The summed E-state index contributed by atoms with van der Waals surface area (Å²) in [6.45, 7) is 2.00. The molecule has 0 fully saturated rings. The number of hydrogen-bond acceptors (Lipinski definition) is 6.